The molecule has 0 spiro atoms. The summed E-state index contributed by atoms with van der Waals surface area (Å²) in [6.07, 6.45) is -7.36. The highest BCUT2D eigenvalue weighted by Gasteiger charge is 2.40. The topological polar surface area (TPSA) is 83.5 Å². The number of carbonyl (C=O) groups is 1. The third-order valence-corrected chi connectivity index (χ3v) is 7.60. The van der Waals surface area contributed by atoms with Gasteiger partial charge in [0.15, 0.2) is 0 Å². The number of aliphatic carboxylic acids is 1. The van der Waals surface area contributed by atoms with E-state index in [0.29, 0.717) is 23.3 Å². The van der Waals surface area contributed by atoms with Crippen LogP contribution in [0.25, 0.3) is 17.2 Å². The van der Waals surface area contributed by atoms with Crippen LogP contribution in [0.4, 0.5) is 26.3 Å². The molecule has 3 aromatic rings. The fourth-order valence-electron chi connectivity index (χ4n) is 4.41. The van der Waals surface area contributed by atoms with E-state index in [1.807, 2.05) is 0 Å². The van der Waals surface area contributed by atoms with Crippen LogP contribution in [0.1, 0.15) is 27.8 Å². The second kappa shape index (κ2) is 9.91. The summed E-state index contributed by atoms with van der Waals surface area (Å²) in [6, 6.07) is 10.3. The molecule has 0 heterocycles. The Morgan fingerprint density at radius 1 is 0.868 bits per heavy atom. The van der Waals surface area contributed by atoms with E-state index < -0.39 is 61.5 Å². The van der Waals surface area contributed by atoms with Crippen LogP contribution in [-0.2, 0) is 40.0 Å². The Labute approximate surface area is 213 Å². The Hall–Kier alpha value is -3.64. The molecule has 0 amide bonds. The number of hydrogen-bond donors (Lipinski definition) is 2. The van der Waals surface area contributed by atoms with Gasteiger partial charge in [-0.2, -0.15) is 26.3 Å². The Morgan fingerprint density at radius 2 is 1.53 bits per heavy atom. The van der Waals surface area contributed by atoms with E-state index in [4.69, 9.17) is 5.11 Å². The Kier molecular flexibility index (Phi) is 7.15. The standard InChI is InChI=1S/C26H19F6NO4S/c27-25(28,29)21-4-2-1-3-20(21)17-8-9-23(22(14-17)26(30,31)32)38(36,37)33-19-12-16-7-5-15(6-10-24(34)35)11-18(16)13-19/h1-11,14,19,33H,12-13H2,(H,34,35)/b10-6+. The largest absolute Gasteiger partial charge is 0.478 e. The molecule has 1 unspecified atom stereocenters. The average Bonchev–Trinajstić information content (AvgIpc) is 3.22. The third kappa shape index (κ3) is 5.91. The van der Waals surface area contributed by atoms with Crippen molar-refractivity contribution in [1.29, 1.82) is 0 Å². The second-order valence-corrected chi connectivity index (χ2v) is 10.4. The van der Waals surface area contributed by atoms with Gasteiger partial charge in [0, 0.05) is 12.1 Å². The summed E-state index contributed by atoms with van der Waals surface area (Å²) >= 11 is 0. The van der Waals surface area contributed by atoms with Gasteiger partial charge >= 0.3 is 18.3 Å². The van der Waals surface area contributed by atoms with E-state index in [-0.39, 0.29) is 12.8 Å². The quantitative estimate of drug-likeness (QED) is 0.292. The number of sulfonamides is 1. The minimum Gasteiger partial charge on any atom is -0.478 e. The zero-order valence-electron chi connectivity index (χ0n) is 19.3. The first kappa shape index (κ1) is 27.4. The van der Waals surface area contributed by atoms with Crippen LogP contribution in [0.15, 0.2) is 71.6 Å². The summed E-state index contributed by atoms with van der Waals surface area (Å²) in [6.45, 7) is 0. The summed E-state index contributed by atoms with van der Waals surface area (Å²) in [4.78, 5) is 9.62. The van der Waals surface area contributed by atoms with Crippen molar-refractivity contribution in [2.75, 3.05) is 0 Å². The van der Waals surface area contributed by atoms with Crippen LogP contribution in [0.3, 0.4) is 0 Å². The van der Waals surface area contributed by atoms with Gasteiger partial charge in [-0.05, 0) is 64.9 Å². The minimum atomic E-state index is -5.17. The molecule has 4 rings (SSSR count). The van der Waals surface area contributed by atoms with E-state index in [2.05, 4.69) is 4.72 Å². The summed E-state index contributed by atoms with van der Waals surface area (Å²) in [7, 11) is -4.73. The third-order valence-electron chi connectivity index (χ3n) is 6.02. The number of hydrogen-bond acceptors (Lipinski definition) is 3. The Bertz CT molecular complexity index is 1530. The van der Waals surface area contributed by atoms with Crippen molar-refractivity contribution in [2.45, 2.75) is 36.1 Å². The fourth-order valence-corrected chi connectivity index (χ4v) is 5.85. The number of alkyl halides is 6. The van der Waals surface area contributed by atoms with Crippen molar-refractivity contribution in [2.24, 2.45) is 0 Å². The molecule has 0 radical (unpaired) electrons. The molecule has 0 aliphatic heterocycles. The lowest BCUT2D eigenvalue weighted by atomic mass is 9.97. The lowest BCUT2D eigenvalue weighted by Gasteiger charge is -2.19. The molecule has 12 heteroatoms. The molecule has 1 aliphatic rings. The molecular formula is C26H19F6NO4S. The zero-order valence-corrected chi connectivity index (χ0v) is 20.1. The fraction of sp³-hybridized carbons (Fsp3) is 0.192. The van der Waals surface area contributed by atoms with E-state index in [1.54, 1.807) is 18.2 Å². The minimum absolute atomic E-state index is 0.154. The van der Waals surface area contributed by atoms with Crippen LogP contribution in [0, 0.1) is 0 Å². The highest BCUT2D eigenvalue weighted by atomic mass is 32.2. The summed E-state index contributed by atoms with van der Waals surface area (Å²) in [5, 5.41) is 8.76. The lowest BCUT2D eigenvalue weighted by Crippen LogP contribution is -2.36. The van der Waals surface area contributed by atoms with Gasteiger partial charge in [0.25, 0.3) is 0 Å². The lowest BCUT2D eigenvalue weighted by molar-refractivity contribution is -0.140. The van der Waals surface area contributed by atoms with Crippen molar-refractivity contribution in [3.05, 3.63) is 94.6 Å². The van der Waals surface area contributed by atoms with E-state index in [1.165, 1.54) is 12.1 Å². The predicted octanol–water partition coefficient (Wildman–Crippen LogP) is 5.93. The molecule has 1 aliphatic carbocycles. The molecule has 2 N–H and O–H groups in total. The summed E-state index contributed by atoms with van der Waals surface area (Å²) < 4.78 is 111. The van der Waals surface area contributed by atoms with Gasteiger partial charge in [-0.25, -0.2) is 17.9 Å². The monoisotopic (exact) mass is 555 g/mol. The number of halogens is 6. The highest BCUT2D eigenvalue weighted by molar-refractivity contribution is 7.89. The van der Waals surface area contributed by atoms with Gasteiger partial charge in [0.2, 0.25) is 10.0 Å². The van der Waals surface area contributed by atoms with Crippen LogP contribution in [0.2, 0.25) is 0 Å². The maximum absolute atomic E-state index is 13.9. The highest BCUT2D eigenvalue weighted by Crippen LogP contribution is 2.41. The maximum Gasteiger partial charge on any atom is 0.417 e. The molecule has 38 heavy (non-hydrogen) atoms. The van der Waals surface area contributed by atoms with Crippen molar-refractivity contribution < 1.29 is 44.7 Å². The molecule has 0 saturated heterocycles. The number of rotatable bonds is 6. The molecule has 0 bridgehead atoms. The second-order valence-electron chi connectivity index (χ2n) is 8.68. The molecule has 0 saturated carbocycles. The van der Waals surface area contributed by atoms with Gasteiger partial charge in [-0.1, -0.05) is 42.5 Å². The van der Waals surface area contributed by atoms with E-state index >= 15 is 0 Å². The molecule has 5 nitrogen and oxygen atoms in total. The SMILES string of the molecule is O=C(O)/C=C/c1ccc2c(c1)CC(NS(=O)(=O)c1ccc(-c3ccccc3C(F)(F)F)cc1C(F)(F)F)C2. The van der Waals surface area contributed by atoms with Crippen LogP contribution in [-0.4, -0.2) is 25.5 Å². The number of benzene rings is 3. The zero-order chi connectivity index (χ0) is 27.9. The molecule has 200 valence electrons. The first-order valence-electron chi connectivity index (χ1n) is 11.1. The van der Waals surface area contributed by atoms with Gasteiger partial charge in [0.05, 0.1) is 16.0 Å². The number of fused-ring (bicyclic) bond motifs is 1. The van der Waals surface area contributed by atoms with Crippen LogP contribution < -0.4 is 4.72 Å². The average molecular weight is 555 g/mol. The smallest absolute Gasteiger partial charge is 0.417 e. The van der Waals surface area contributed by atoms with Gasteiger partial charge in [0.1, 0.15) is 0 Å². The first-order chi connectivity index (χ1) is 17.6. The molecule has 0 fully saturated rings. The number of nitrogens with one attached hydrogen (secondary N) is 1. The summed E-state index contributed by atoms with van der Waals surface area (Å²) in [5.74, 6) is -1.15. The van der Waals surface area contributed by atoms with E-state index in [9.17, 15) is 39.6 Å². The Morgan fingerprint density at radius 3 is 2.18 bits per heavy atom. The maximum atomic E-state index is 13.9. The van der Waals surface area contributed by atoms with Crippen molar-refractivity contribution in [1.82, 2.24) is 4.72 Å². The van der Waals surface area contributed by atoms with E-state index in [0.717, 1.165) is 35.9 Å². The van der Waals surface area contributed by atoms with Crippen molar-refractivity contribution in [3.8, 4) is 11.1 Å². The van der Waals surface area contributed by atoms with Gasteiger partial charge in [-0.3, -0.25) is 0 Å². The van der Waals surface area contributed by atoms with Crippen LogP contribution >= 0.6 is 0 Å². The van der Waals surface area contributed by atoms with Crippen LogP contribution in [0.5, 0.6) is 0 Å². The van der Waals surface area contributed by atoms with Crippen molar-refractivity contribution >= 4 is 22.1 Å². The summed E-state index contributed by atoms with van der Waals surface area (Å²) in [5.41, 5.74) is -1.66. The molecular weight excluding hydrogens is 536 g/mol. The molecule has 1 atom stereocenters. The molecule has 3 aromatic carbocycles. The molecule has 0 aromatic heterocycles. The Balaban J connectivity index is 1.65. The van der Waals surface area contributed by atoms with Gasteiger partial charge < -0.3 is 5.11 Å². The van der Waals surface area contributed by atoms with Crippen molar-refractivity contribution in [3.63, 3.8) is 0 Å². The first-order valence-corrected chi connectivity index (χ1v) is 12.6. The predicted molar refractivity (Wildman–Crippen MR) is 127 cm³/mol. The number of carboxylic acid groups (broad SMARTS) is 1. The normalized spacial score (nSPS) is 16.1. The number of carboxylic acids is 1. The van der Waals surface area contributed by atoms with Gasteiger partial charge in [-0.15, -0.1) is 0 Å².